The molecule has 1 aromatic carbocycles. The maximum Gasteiger partial charge on any atom is 0.176 e. The van der Waals surface area contributed by atoms with Gasteiger partial charge in [-0.1, -0.05) is 19.8 Å². The lowest BCUT2D eigenvalue weighted by Crippen LogP contribution is -2.37. The van der Waals surface area contributed by atoms with Crippen molar-refractivity contribution in [3.63, 3.8) is 0 Å². The molecule has 4 nitrogen and oxygen atoms in total. The molecule has 0 saturated heterocycles. The van der Waals surface area contributed by atoms with Gasteiger partial charge in [0.15, 0.2) is 17.3 Å². The van der Waals surface area contributed by atoms with Crippen molar-refractivity contribution in [2.75, 3.05) is 13.1 Å². The third-order valence-corrected chi connectivity index (χ3v) is 3.89. The maximum atomic E-state index is 12.2. The highest BCUT2D eigenvalue weighted by Gasteiger charge is 2.23. The Morgan fingerprint density at radius 2 is 1.95 bits per heavy atom. The van der Waals surface area contributed by atoms with E-state index >= 15 is 0 Å². The van der Waals surface area contributed by atoms with Gasteiger partial charge in [-0.3, -0.25) is 9.69 Å². The fourth-order valence-electron chi connectivity index (χ4n) is 2.74. The first-order chi connectivity index (χ1) is 9.11. The molecule has 19 heavy (non-hydrogen) atoms. The van der Waals surface area contributed by atoms with Gasteiger partial charge in [0.05, 0.1) is 6.54 Å². The summed E-state index contributed by atoms with van der Waals surface area (Å²) in [6.45, 7) is 3.31. The first kappa shape index (κ1) is 13.9. The summed E-state index contributed by atoms with van der Waals surface area (Å²) in [5.74, 6) is -0.446. The van der Waals surface area contributed by atoms with E-state index in [1.807, 2.05) is 0 Å². The summed E-state index contributed by atoms with van der Waals surface area (Å²) in [5.41, 5.74) is 0.451. The number of benzene rings is 1. The number of ketones is 1. The zero-order valence-electron chi connectivity index (χ0n) is 11.3. The van der Waals surface area contributed by atoms with Crippen molar-refractivity contribution in [2.24, 2.45) is 0 Å². The fraction of sp³-hybridized carbons (Fsp3) is 0.533. The predicted octanol–water partition coefficient (Wildman–Crippen LogP) is 2.55. The molecule has 104 valence electrons. The molecule has 1 saturated carbocycles. The van der Waals surface area contributed by atoms with E-state index in [9.17, 15) is 15.0 Å². The molecule has 0 bridgehead atoms. The molecule has 1 aliphatic carbocycles. The normalized spacial score (nSPS) is 16.1. The molecule has 0 radical (unpaired) electrons. The van der Waals surface area contributed by atoms with Crippen LogP contribution in [-0.2, 0) is 0 Å². The quantitative estimate of drug-likeness (QED) is 0.633. The summed E-state index contributed by atoms with van der Waals surface area (Å²) >= 11 is 0. The smallest absolute Gasteiger partial charge is 0.176 e. The molecule has 0 unspecified atom stereocenters. The number of rotatable bonds is 5. The zero-order chi connectivity index (χ0) is 13.8. The van der Waals surface area contributed by atoms with Crippen LogP contribution in [0.15, 0.2) is 18.2 Å². The minimum atomic E-state index is -0.241. The van der Waals surface area contributed by atoms with E-state index in [1.165, 1.54) is 37.8 Å². The van der Waals surface area contributed by atoms with Crippen molar-refractivity contribution in [1.82, 2.24) is 4.90 Å². The van der Waals surface area contributed by atoms with E-state index in [2.05, 4.69) is 11.8 Å². The van der Waals surface area contributed by atoms with Crippen LogP contribution in [0.2, 0.25) is 0 Å². The van der Waals surface area contributed by atoms with Gasteiger partial charge in [-0.25, -0.2) is 0 Å². The Bertz CT molecular complexity index is 453. The number of hydrogen-bond donors (Lipinski definition) is 2. The van der Waals surface area contributed by atoms with Gasteiger partial charge in [0.25, 0.3) is 0 Å². The van der Waals surface area contributed by atoms with Gasteiger partial charge in [-0.2, -0.15) is 0 Å². The zero-order valence-corrected chi connectivity index (χ0v) is 11.3. The van der Waals surface area contributed by atoms with E-state index in [0.717, 1.165) is 6.54 Å². The van der Waals surface area contributed by atoms with Gasteiger partial charge in [-0.15, -0.1) is 0 Å². The van der Waals surface area contributed by atoms with Crippen LogP contribution < -0.4 is 0 Å². The van der Waals surface area contributed by atoms with Crippen molar-refractivity contribution in [1.29, 1.82) is 0 Å². The van der Waals surface area contributed by atoms with Crippen LogP contribution in [-0.4, -0.2) is 40.0 Å². The van der Waals surface area contributed by atoms with Crippen LogP contribution in [0.4, 0.5) is 0 Å². The Labute approximate surface area is 113 Å². The Kier molecular flexibility index (Phi) is 4.43. The molecule has 1 aliphatic rings. The molecule has 0 aliphatic heterocycles. The van der Waals surface area contributed by atoms with Crippen LogP contribution in [0, 0.1) is 0 Å². The van der Waals surface area contributed by atoms with E-state index in [1.54, 1.807) is 6.07 Å². The Hall–Kier alpha value is -1.55. The number of aromatic hydroxyl groups is 2. The number of carbonyl (C=O) groups is 1. The lowest BCUT2D eigenvalue weighted by atomic mass is 10.1. The number of hydrogen-bond acceptors (Lipinski definition) is 4. The highest BCUT2D eigenvalue weighted by Crippen LogP contribution is 2.26. The topological polar surface area (TPSA) is 60.8 Å². The summed E-state index contributed by atoms with van der Waals surface area (Å²) in [6.07, 6.45) is 4.83. The summed E-state index contributed by atoms with van der Waals surface area (Å²) in [5, 5.41) is 18.7. The van der Waals surface area contributed by atoms with E-state index in [4.69, 9.17) is 0 Å². The molecule has 0 atom stereocenters. The molecule has 0 amide bonds. The number of phenolic OH excluding ortho intramolecular Hbond substituents is 2. The van der Waals surface area contributed by atoms with Crippen molar-refractivity contribution in [3.8, 4) is 11.5 Å². The SMILES string of the molecule is CCN(CC(=O)c1ccc(O)c(O)c1)C1CCCC1. The van der Waals surface area contributed by atoms with Crippen LogP contribution in [0.25, 0.3) is 0 Å². The maximum absolute atomic E-state index is 12.2. The number of nitrogens with zero attached hydrogens (tertiary/aromatic N) is 1. The Morgan fingerprint density at radius 3 is 2.53 bits per heavy atom. The van der Waals surface area contributed by atoms with E-state index in [0.29, 0.717) is 18.2 Å². The molecule has 2 N–H and O–H groups in total. The monoisotopic (exact) mass is 263 g/mol. The number of phenols is 2. The minimum absolute atomic E-state index is 0.0101. The Balaban J connectivity index is 2.04. The van der Waals surface area contributed by atoms with Gasteiger partial charge in [0.2, 0.25) is 0 Å². The third-order valence-electron chi connectivity index (χ3n) is 3.89. The summed E-state index contributed by atoms with van der Waals surface area (Å²) in [7, 11) is 0. The predicted molar refractivity (Wildman–Crippen MR) is 73.6 cm³/mol. The number of Topliss-reactive ketones (excluding diaryl/α,β-unsaturated/α-hetero) is 1. The van der Waals surface area contributed by atoms with Gasteiger partial charge >= 0.3 is 0 Å². The van der Waals surface area contributed by atoms with Crippen molar-refractivity contribution in [2.45, 2.75) is 38.6 Å². The van der Waals surface area contributed by atoms with Crippen LogP contribution in [0.1, 0.15) is 43.0 Å². The molecule has 0 spiro atoms. The van der Waals surface area contributed by atoms with E-state index < -0.39 is 0 Å². The molecule has 2 rings (SSSR count). The minimum Gasteiger partial charge on any atom is -0.504 e. The Morgan fingerprint density at radius 1 is 1.26 bits per heavy atom. The summed E-state index contributed by atoms with van der Waals surface area (Å²) < 4.78 is 0. The molecular weight excluding hydrogens is 242 g/mol. The average molecular weight is 263 g/mol. The van der Waals surface area contributed by atoms with Crippen LogP contribution in [0.5, 0.6) is 11.5 Å². The van der Waals surface area contributed by atoms with Crippen molar-refractivity contribution < 1.29 is 15.0 Å². The molecular formula is C15H21NO3. The fourth-order valence-corrected chi connectivity index (χ4v) is 2.74. The molecule has 4 heteroatoms. The van der Waals surface area contributed by atoms with E-state index in [-0.39, 0.29) is 17.3 Å². The second-order valence-corrected chi connectivity index (χ2v) is 5.13. The van der Waals surface area contributed by atoms with Crippen molar-refractivity contribution in [3.05, 3.63) is 23.8 Å². The number of likely N-dealkylation sites (N-methyl/N-ethyl adjacent to an activating group) is 1. The first-order valence-electron chi connectivity index (χ1n) is 6.91. The van der Waals surface area contributed by atoms with Crippen molar-refractivity contribution >= 4 is 5.78 Å². The largest absolute Gasteiger partial charge is 0.504 e. The van der Waals surface area contributed by atoms with Gasteiger partial charge in [0.1, 0.15) is 0 Å². The highest BCUT2D eigenvalue weighted by molar-refractivity contribution is 5.98. The van der Waals surface area contributed by atoms with Gasteiger partial charge in [0, 0.05) is 11.6 Å². The first-order valence-corrected chi connectivity index (χ1v) is 6.91. The average Bonchev–Trinajstić information content (AvgIpc) is 2.92. The third kappa shape index (κ3) is 3.26. The number of carbonyl (C=O) groups excluding carboxylic acids is 1. The van der Waals surface area contributed by atoms with Crippen LogP contribution >= 0.6 is 0 Å². The lowest BCUT2D eigenvalue weighted by Gasteiger charge is -2.26. The molecule has 1 aromatic rings. The summed E-state index contributed by atoms with van der Waals surface area (Å²) in [6, 6.07) is 4.76. The lowest BCUT2D eigenvalue weighted by molar-refractivity contribution is 0.0899. The second kappa shape index (κ2) is 6.06. The molecule has 0 aromatic heterocycles. The summed E-state index contributed by atoms with van der Waals surface area (Å²) in [4.78, 5) is 14.4. The van der Waals surface area contributed by atoms with Crippen LogP contribution in [0.3, 0.4) is 0 Å². The van der Waals surface area contributed by atoms with Gasteiger partial charge in [-0.05, 0) is 37.6 Å². The highest BCUT2D eigenvalue weighted by atomic mass is 16.3. The van der Waals surface area contributed by atoms with Gasteiger partial charge < -0.3 is 10.2 Å². The standard InChI is InChI=1S/C15H21NO3/c1-2-16(12-5-3-4-6-12)10-15(19)11-7-8-13(17)14(18)9-11/h7-9,12,17-18H,2-6,10H2,1H3. The molecule has 0 heterocycles. The molecule has 1 fully saturated rings. The second-order valence-electron chi connectivity index (χ2n) is 5.13.